The molecular formula is C15H16N4O2. The molecule has 21 heavy (non-hydrogen) atoms. The second kappa shape index (κ2) is 4.96. The predicted molar refractivity (Wildman–Crippen MR) is 79.2 cm³/mol. The van der Waals surface area contributed by atoms with Crippen LogP contribution in [-0.2, 0) is 6.54 Å². The first kappa shape index (κ1) is 12.5. The molecule has 0 radical (unpaired) electrons. The van der Waals surface area contributed by atoms with Gasteiger partial charge in [-0.15, -0.1) is 5.10 Å². The van der Waals surface area contributed by atoms with Crippen LogP contribution < -0.4 is 5.63 Å². The SMILES string of the molecule is O=c1oc2ccccc2c2c1nnn2CCN1CCCC1. The summed E-state index contributed by atoms with van der Waals surface area (Å²) >= 11 is 0. The van der Waals surface area contributed by atoms with E-state index in [2.05, 4.69) is 15.2 Å². The van der Waals surface area contributed by atoms with Crippen LogP contribution in [0.2, 0.25) is 0 Å². The van der Waals surface area contributed by atoms with Gasteiger partial charge in [0, 0.05) is 11.9 Å². The van der Waals surface area contributed by atoms with E-state index in [1.807, 2.05) is 22.9 Å². The molecule has 6 heteroatoms. The standard InChI is InChI=1S/C15H16N4O2/c20-15-13-14(11-5-1-2-6-12(11)21-15)19(17-16-13)10-9-18-7-3-4-8-18/h1-2,5-6H,3-4,7-10H2. The van der Waals surface area contributed by atoms with Crippen LogP contribution in [-0.4, -0.2) is 39.5 Å². The zero-order valence-electron chi connectivity index (χ0n) is 11.7. The van der Waals surface area contributed by atoms with Gasteiger partial charge in [0.1, 0.15) is 11.1 Å². The lowest BCUT2D eigenvalue weighted by Gasteiger charge is -2.14. The Balaban J connectivity index is 1.80. The summed E-state index contributed by atoms with van der Waals surface area (Å²) in [5.74, 6) is 0. The Labute approximate surface area is 121 Å². The summed E-state index contributed by atoms with van der Waals surface area (Å²) in [6, 6.07) is 7.53. The van der Waals surface area contributed by atoms with Gasteiger partial charge in [-0.2, -0.15) is 0 Å². The molecule has 4 rings (SSSR count). The lowest BCUT2D eigenvalue weighted by Crippen LogP contribution is -2.24. The number of rotatable bonds is 3. The van der Waals surface area contributed by atoms with Crippen LogP contribution in [0.15, 0.2) is 33.5 Å². The Kier molecular flexibility index (Phi) is 2.96. The summed E-state index contributed by atoms with van der Waals surface area (Å²) in [5.41, 5.74) is 1.26. The maximum atomic E-state index is 12.0. The quantitative estimate of drug-likeness (QED) is 0.684. The molecule has 108 valence electrons. The molecule has 1 saturated heterocycles. The lowest BCUT2D eigenvalue weighted by molar-refractivity contribution is 0.316. The Hall–Kier alpha value is -2.21. The van der Waals surface area contributed by atoms with Gasteiger partial charge in [0.25, 0.3) is 0 Å². The number of benzene rings is 1. The molecule has 2 aromatic heterocycles. The molecule has 3 aromatic rings. The number of likely N-dealkylation sites (tertiary alicyclic amines) is 1. The van der Waals surface area contributed by atoms with Gasteiger partial charge < -0.3 is 9.32 Å². The molecule has 0 spiro atoms. The molecule has 6 nitrogen and oxygen atoms in total. The first-order chi connectivity index (χ1) is 10.3. The Bertz CT molecular complexity index is 846. The average Bonchev–Trinajstić information content (AvgIpc) is 3.15. The average molecular weight is 284 g/mol. The maximum Gasteiger partial charge on any atom is 0.366 e. The van der Waals surface area contributed by atoms with Gasteiger partial charge in [0.15, 0.2) is 5.52 Å². The highest BCUT2D eigenvalue weighted by atomic mass is 16.4. The molecule has 0 unspecified atom stereocenters. The van der Waals surface area contributed by atoms with Crippen LogP contribution >= 0.6 is 0 Å². The van der Waals surface area contributed by atoms with Gasteiger partial charge in [0.2, 0.25) is 0 Å². The van der Waals surface area contributed by atoms with Crippen molar-refractivity contribution in [1.29, 1.82) is 0 Å². The molecular weight excluding hydrogens is 268 g/mol. The van der Waals surface area contributed by atoms with E-state index in [0.717, 1.165) is 37.1 Å². The van der Waals surface area contributed by atoms with Crippen LogP contribution in [0.4, 0.5) is 0 Å². The molecule has 0 atom stereocenters. The highest BCUT2D eigenvalue weighted by Gasteiger charge is 2.16. The second-order valence-electron chi connectivity index (χ2n) is 5.44. The highest BCUT2D eigenvalue weighted by Crippen LogP contribution is 2.21. The zero-order valence-corrected chi connectivity index (χ0v) is 11.7. The van der Waals surface area contributed by atoms with E-state index in [1.165, 1.54) is 12.8 Å². The number of para-hydroxylation sites is 1. The molecule has 0 N–H and O–H groups in total. The first-order valence-corrected chi connectivity index (χ1v) is 7.30. The monoisotopic (exact) mass is 284 g/mol. The van der Waals surface area contributed by atoms with Gasteiger partial charge >= 0.3 is 5.63 Å². The van der Waals surface area contributed by atoms with Gasteiger partial charge in [-0.1, -0.05) is 17.3 Å². The fourth-order valence-electron chi connectivity index (χ4n) is 3.02. The molecule has 1 aromatic carbocycles. The summed E-state index contributed by atoms with van der Waals surface area (Å²) in [6.07, 6.45) is 2.54. The van der Waals surface area contributed by atoms with Crippen molar-refractivity contribution in [2.75, 3.05) is 19.6 Å². The first-order valence-electron chi connectivity index (χ1n) is 7.30. The zero-order chi connectivity index (χ0) is 14.2. The van der Waals surface area contributed by atoms with Crippen molar-refractivity contribution >= 4 is 22.0 Å². The molecule has 1 fully saturated rings. The number of nitrogens with zero attached hydrogens (tertiary/aromatic N) is 4. The van der Waals surface area contributed by atoms with Crippen molar-refractivity contribution in [3.05, 3.63) is 34.7 Å². The molecule has 0 bridgehead atoms. The number of aromatic nitrogens is 3. The molecule has 0 aliphatic carbocycles. The van der Waals surface area contributed by atoms with Crippen molar-refractivity contribution < 1.29 is 4.42 Å². The Morgan fingerprint density at radius 1 is 1.14 bits per heavy atom. The van der Waals surface area contributed by atoms with Crippen molar-refractivity contribution in [2.45, 2.75) is 19.4 Å². The van der Waals surface area contributed by atoms with E-state index in [-0.39, 0.29) is 0 Å². The smallest absolute Gasteiger partial charge is 0.366 e. The summed E-state index contributed by atoms with van der Waals surface area (Å²) < 4.78 is 7.11. The van der Waals surface area contributed by atoms with Crippen molar-refractivity contribution in [1.82, 2.24) is 19.9 Å². The number of hydrogen-bond donors (Lipinski definition) is 0. The fraction of sp³-hybridized carbons (Fsp3) is 0.400. The highest BCUT2D eigenvalue weighted by molar-refractivity contribution is 6.00. The van der Waals surface area contributed by atoms with Crippen molar-refractivity contribution in [3.8, 4) is 0 Å². The van der Waals surface area contributed by atoms with E-state index in [1.54, 1.807) is 6.07 Å². The van der Waals surface area contributed by atoms with Gasteiger partial charge in [-0.25, -0.2) is 9.48 Å². The van der Waals surface area contributed by atoms with Crippen molar-refractivity contribution in [3.63, 3.8) is 0 Å². The molecule has 0 amide bonds. The van der Waals surface area contributed by atoms with E-state index >= 15 is 0 Å². The van der Waals surface area contributed by atoms with Gasteiger partial charge in [-0.3, -0.25) is 0 Å². The van der Waals surface area contributed by atoms with Gasteiger partial charge in [0.05, 0.1) is 6.54 Å². The molecule has 0 saturated carbocycles. The third kappa shape index (κ3) is 2.12. The number of fused-ring (bicyclic) bond motifs is 3. The molecule has 3 heterocycles. The van der Waals surface area contributed by atoms with Crippen LogP contribution in [0.1, 0.15) is 12.8 Å². The minimum absolute atomic E-state index is 0.315. The number of hydrogen-bond acceptors (Lipinski definition) is 5. The van der Waals surface area contributed by atoms with E-state index in [9.17, 15) is 4.79 Å². The van der Waals surface area contributed by atoms with E-state index in [0.29, 0.717) is 11.1 Å². The van der Waals surface area contributed by atoms with E-state index < -0.39 is 5.63 Å². The molecule has 1 aliphatic heterocycles. The molecule has 1 aliphatic rings. The minimum Gasteiger partial charge on any atom is -0.421 e. The van der Waals surface area contributed by atoms with Gasteiger partial charge in [-0.05, 0) is 38.1 Å². The van der Waals surface area contributed by atoms with Crippen molar-refractivity contribution in [2.24, 2.45) is 0 Å². The Morgan fingerprint density at radius 3 is 2.81 bits per heavy atom. The maximum absolute atomic E-state index is 12.0. The minimum atomic E-state index is -0.420. The van der Waals surface area contributed by atoms with Crippen LogP contribution in [0.3, 0.4) is 0 Å². The normalized spacial score (nSPS) is 16.2. The largest absolute Gasteiger partial charge is 0.421 e. The van der Waals surface area contributed by atoms with Crippen LogP contribution in [0.25, 0.3) is 22.0 Å². The summed E-state index contributed by atoms with van der Waals surface area (Å²) in [6.45, 7) is 3.97. The van der Waals surface area contributed by atoms with Crippen LogP contribution in [0, 0.1) is 0 Å². The third-order valence-electron chi connectivity index (χ3n) is 4.10. The fourth-order valence-corrected chi connectivity index (χ4v) is 3.02. The predicted octanol–water partition coefficient (Wildman–Crippen LogP) is 1.63. The summed E-state index contributed by atoms with van der Waals surface area (Å²) in [7, 11) is 0. The summed E-state index contributed by atoms with van der Waals surface area (Å²) in [5, 5.41) is 9.04. The van der Waals surface area contributed by atoms with E-state index in [4.69, 9.17) is 4.42 Å². The lowest BCUT2D eigenvalue weighted by atomic mass is 10.2. The second-order valence-corrected chi connectivity index (χ2v) is 5.44. The summed E-state index contributed by atoms with van der Waals surface area (Å²) in [4.78, 5) is 14.4. The third-order valence-corrected chi connectivity index (χ3v) is 4.10. The Morgan fingerprint density at radius 2 is 1.95 bits per heavy atom. The van der Waals surface area contributed by atoms with Crippen LogP contribution in [0.5, 0.6) is 0 Å². The topological polar surface area (TPSA) is 64.2 Å².